The lowest BCUT2D eigenvalue weighted by Gasteiger charge is -2.05. The molecule has 0 N–H and O–H groups in total. The number of halogens is 1. The van der Waals surface area contributed by atoms with Gasteiger partial charge in [-0.1, -0.05) is 28.1 Å². The van der Waals surface area contributed by atoms with Crippen LogP contribution in [0.1, 0.15) is 24.8 Å². The Labute approximate surface area is 117 Å². The molecule has 0 heterocycles. The van der Waals surface area contributed by atoms with Crippen molar-refractivity contribution >= 4 is 21.9 Å². The van der Waals surface area contributed by atoms with Gasteiger partial charge in [0.25, 0.3) is 0 Å². The Bertz CT molecular complexity index is 349. The first-order valence-corrected chi connectivity index (χ1v) is 7.23. The predicted octanol–water partition coefficient (Wildman–Crippen LogP) is 3.35. The van der Waals surface area contributed by atoms with Crippen LogP contribution in [0.3, 0.4) is 0 Å². The highest BCUT2D eigenvalue weighted by Gasteiger charge is 2.00. The average molecular weight is 315 g/mol. The summed E-state index contributed by atoms with van der Waals surface area (Å²) in [5.74, 6) is 0.765. The van der Waals surface area contributed by atoms with Crippen LogP contribution in [-0.2, 0) is 16.0 Å². The number of alkyl halides is 1. The molecule has 0 atom stereocenters. The van der Waals surface area contributed by atoms with Gasteiger partial charge in [-0.3, -0.25) is 4.79 Å². The zero-order valence-electron chi connectivity index (χ0n) is 10.7. The topological polar surface area (TPSA) is 35.5 Å². The van der Waals surface area contributed by atoms with Crippen LogP contribution in [0.4, 0.5) is 0 Å². The van der Waals surface area contributed by atoms with E-state index in [1.54, 1.807) is 0 Å². The number of benzene rings is 1. The minimum atomic E-state index is -0.131. The summed E-state index contributed by atoms with van der Waals surface area (Å²) in [7, 11) is 1.42. The van der Waals surface area contributed by atoms with Crippen LogP contribution >= 0.6 is 15.9 Å². The van der Waals surface area contributed by atoms with Crippen LogP contribution in [0.15, 0.2) is 24.3 Å². The summed E-state index contributed by atoms with van der Waals surface area (Å²) < 4.78 is 10.1. The van der Waals surface area contributed by atoms with E-state index in [2.05, 4.69) is 32.8 Å². The first-order valence-electron chi connectivity index (χ1n) is 6.11. The molecule has 3 nitrogen and oxygen atoms in total. The van der Waals surface area contributed by atoms with Gasteiger partial charge in [0.05, 0.1) is 13.7 Å². The minimum Gasteiger partial charge on any atom is -0.493 e. The first-order chi connectivity index (χ1) is 8.76. The normalized spacial score (nSPS) is 10.1. The van der Waals surface area contributed by atoms with Crippen molar-refractivity contribution in [2.24, 2.45) is 0 Å². The number of unbranched alkanes of at least 4 members (excludes halogenated alkanes) is 1. The van der Waals surface area contributed by atoms with E-state index in [1.807, 2.05) is 12.1 Å². The fourth-order valence-corrected chi connectivity index (χ4v) is 1.77. The first kappa shape index (κ1) is 15.0. The molecule has 0 radical (unpaired) electrons. The highest BCUT2D eigenvalue weighted by Crippen LogP contribution is 2.14. The third kappa shape index (κ3) is 6.05. The Morgan fingerprint density at radius 1 is 1.22 bits per heavy atom. The minimum absolute atomic E-state index is 0.131. The molecule has 0 spiro atoms. The molecule has 18 heavy (non-hydrogen) atoms. The molecular weight excluding hydrogens is 296 g/mol. The summed E-state index contributed by atoms with van der Waals surface area (Å²) >= 11 is 3.32. The van der Waals surface area contributed by atoms with E-state index < -0.39 is 0 Å². The standard InChI is InChI=1S/C14H19BrO3/c1-17-14(16)5-3-2-4-12-6-8-13(9-7-12)18-11-10-15/h6-9H,2-5,10-11H2,1H3. The number of methoxy groups -OCH3 is 1. The number of hydrogen-bond acceptors (Lipinski definition) is 3. The second kappa shape index (κ2) is 8.97. The number of carbonyl (C=O) groups excluding carboxylic acids is 1. The van der Waals surface area contributed by atoms with Crippen molar-refractivity contribution in [1.29, 1.82) is 0 Å². The molecule has 1 rings (SSSR count). The lowest BCUT2D eigenvalue weighted by atomic mass is 10.1. The number of esters is 1. The van der Waals surface area contributed by atoms with Gasteiger partial charge in [0.2, 0.25) is 0 Å². The highest BCUT2D eigenvalue weighted by molar-refractivity contribution is 9.09. The van der Waals surface area contributed by atoms with Crippen molar-refractivity contribution in [2.45, 2.75) is 25.7 Å². The maximum atomic E-state index is 10.9. The molecule has 1 aromatic rings. The molecule has 100 valence electrons. The zero-order chi connectivity index (χ0) is 13.2. The van der Waals surface area contributed by atoms with Gasteiger partial charge in [-0.15, -0.1) is 0 Å². The zero-order valence-corrected chi connectivity index (χ0v) is 12.2. The quantitative estimate of drug-likeness (QED) is 0.419. The fraction of sp³-hybridized carbons (Fsp3) is 0.500. The SMILES string of the molecule is COC(=O)CCCCc1ccc(OCCBr)cc1. The summed E-state index contributed by atoms with van der Waals surface area (Å²) in [6.45, 7) is 0.679. The van der Waals surface area contributed by atoms with E-state index in [4.69, 9.17) is 4.74 Å². The molecular formula is C14H19BrO3. The second-order valence-electron chi connectivity index (χ2n) is 3.96. The van der Waals surface area contributed by atoms with E-state index in [0.717, 1.165) is 30.3 Å². The molecule has 4 heteroatoms. The summed E-state index contributed by atoms with van der Waals surface area (Å²) in [5.41, 5.74) is 1.27. The summed E-state index contributed by atoms with van der Waals surface area (Å²) in [6.07, 6.45) is 3.35. The van der Waals surface area contributed by atoms with Crippen molar-refractivity contribution in [1.82, 2.24) is 0 Å². The molecule has 0 saturated carbocycles. The third-order valence-electron chi connectivity index (χ3n) is 2.59. The number of ether oxygens (including phenoxy) is 2. The highest BCUT2D eigenvalue weighted by atomic mass is 79.9. The van der Waals surface area contributed by atoms with Gasteiger partial charge in [0.1, 0.15) is 5.75 Å². The van der Waals surface area contributed by atoms with Gasteiger partial charge < -0.3 is 9.47 Å². The smallest absolute Gasteiger partial charge is 0.305 e. The molecule has 0 aromatic heterocycles. The Morgan fingerprint density at radius 2 is 1.94 bits per heavy atom. The molecule has 0 fully saturated rings. The number of rotatable bonds is 8. The molecule has 0 amide bonds. The van der Waals surface area contributed by atoms with Crippen LogP contribution < -0.4 is 4.74 Å². The summed E-state index contributed by atoms with van der Waals surface area (Å²) in [4.78, 5) is 10.9. The van der Waals surface area contributed by atoms with Crippen molar-refractivity contribution in [3.63, 3.8) is 0 Å². The van der Waals surface area contributed by atoms with Crippen LogP contribution in [0.25, 0.3) is 0 Å². The maximum Gasteiger partial charge on any atom is 0.305 e. The molecule has 0 saturated heterocycles. The monoisotopic (exact) mass is 314 g/mol. The lowest BCUT2D eigenvalue weighted by Crippen LogP contribution is -2.00. The Balaban J connectivity index is 2.24. The van der Waals surface area contributed by atoms with Crippen molar-refractivity contribution in [2.75, 3.05) is 19.0 Å². The molecule has 0 aliphatic carbocycles. The van der Waals surface area contributed by atoms with E-state index in [0.29, 0.717) is 13.0 Å². The Kier molecular flexibility index (Phi) is 7.49. The van der Waals surface area contributed by atoms with E-state index in [1.165, 1.54) is 12.7 Å². The molecule has 0 unspecified atom stereocenters. The van der Waals surface area contributed by atoms with Gasteiger partial charge in [0, 0.05) is 11.8 Å². The maximum absolute atomic E-state index is 10.9. The second-order valence-corrected chi connectivity index (χ2v) is 4.76. The van der Waals surface area contributed by atoms with Gasteiger partial charge in [-0.2, -0.15) is 0 Å². The van der Waals surface area contributed by atoms with Gasteiger partial charge >= 0.3 is 5.97 Å². The van der Waals surface area contributed by atoms with Crippen molar-refractivity contribution in [3.8, 4) is 5.75 Å². The van der Waals surface area contributed by atoms with Gasteiger partial charge in [-0.25, -0.2) is 0 Å². The van der Waals surface area contributed by atoms with Crippen molar-refractivity contribution in [3.05, 3.63) is 29.8 Å². The van der Waals surface area contributed by atoms with Crippen LogP contribution in [-0.4, -0.2) is 25.0 Å². The van der Waals surface area contributed by atoms with E-state index in [9.17, 15) is 4.79 Å². The molecule has 1 aromatic carbocycles. The third-order valence-corrected chi connectivity index (χ3v) is 2.92. The fourth-order valence-electron chi connectivity index (χ4n) is 1.61. The van der Waals surface area contributed by atoms with E-state index >= 15 is 0 Å². The summed E-state index contributed by atoms with van der Waals surface area (Å²) in [5, 5.41) is 0.836. The summed E-state index contributed by atoms with van der Waals surface area (Å²) in [6, 6.07) is 8.11. The largest absolute Gasteiger partial charge is 0.493 e. The van der Waals surface area contributed by atoms with Crippen LogP contribution in [0.2, 0.25) is 0 Å². The number of hydrogen-bond donors (Lipinski definition) is 0. The number of carbonyl (C=O) groups is 1. The molecule has 0 aliphatic rings. The van der Waals surface area contributed by atoms with E-state index in [-0.39, 0.29) is 5.97 Å². The van der Waals surface area contributed by atoms with Crippen molar-refractivity contribution < 1.29 is 14.3 Å². The lowest BCUT2D eigenvalue weighted by molar-refractivity contribution is -0.140. The van der Waals surface area contributed by atoms with Gasteiger partial charge in [-0.05, 0) is 37.0 Å². The number of aryl methyl sites for hydroxylation is 1. The average Bonchev–Trinajstić information content (AvgIpc) is 2.42. The van der Waals surface area contributed by atoms with Crippen LogP contribution in [0, 0.1) is 0 Å². The Morgan fingerprint density at radius 3 is 2.56 bits per heavy atom. The van der Waals surface area contributed by atoms with Gasteiger partial charge in [0.15, 0.2) is 0 Å². The Hall–Kier alpha value is -1.03. The molecule has 0 bridgehead atoms. The van der Waals surface area contributed by atoms with Crippen LogP contribution in [0.5, 0.6) is 5.75 Å². The predicted molar refractivity (Wildman–Crippen MR) is 75.3 cm³/mol. The molecule has 0 aliphatic heterocycles.